The van der Waals surface area contributed by atoms with Crippen molar-refractivity contribution in [2.75, 3.05) is 5.32 Å². The predicted octanol–water partition coefficient (Wildman–Crippen LogP) is 3.32. The average molecular weight is 426 g/mol. The summed E-state index contributed by atoms with van der Waals surface area (Å²) in [5.74, 6) is 0.182. The van der Waals surface area contributed by atoms with Crippen molar-refractivity contribution in [2.45, 2.75) is 26.4 Å². The van der Waals surface area contributed by atoms with E-state index < -0.39 is 0 Å². The molecule has 4 aromatic rings. The van der Waals surface area contributed by atoms with Gasteiger partial charge < -0.3 is 15.2 Å². The smallest absolute Gasteiger partial charge is 0.257 e. The molecule has 160 valence electrons. The van der Waals surface area contributed by atoms with E-state index in [0.717, 1.165) is 28.2 Å². The molecule has 8 nitrogen and oxygen atoms in total. The third-order valence-electron chi connectivity index (χ3n) is 5.66. The molecule has 0 radical (unpaired) electrons. The minimum Gasteiger partial charge on any atom is -0.346 e. The molecule has 1 aromatic carbocycles. The largest absolute Gasteiger partial charge is 0.346 e. The van der Waals surface area contributed by atoms with E-state index in [-0.39, 0.29) is 11.8 Å². The zero-order chi connectivity index (χ0) is 22.1. The van der Waals surface area contributed by atoms with E-state index in [1.165, 1.54) is 0 Å². The lowest BCUT2D eigenvalue weighted by atomic mass is 10.1. The Hall–Kier alpha value is -4.20. The summed E-state index contributed by atoms with van der Waals surface area (Å²) in [7, 11) is 0. The van der Waals surface area contributed by atoms with Crippen LogP contribution >= 0.6 is 0 Å². The second kappa shape index (κ2) is 8.14. The predicted molar refractivity (Wildman–Crippen MR) is 120 cm³/mol. The number of hydrogen-bond acceptors (Lipinski definition) is 4. The molecule has 5 rings (SSSR count). The highest BCUT2D eigenvalue weighted by molar-refractivity contribution is 6.05. The van der Waals surface area contributed by atoms with Crippen LogP contribution in [0.15, 0.2) is 60.9 Å². The molecule has 32 heavy (non-hydrogen) atoms. The maximum atomic E-state index is 12.7. The summed E-state index contributed by atoms with van der Waals surface area (Å²) >= 11 is 0. The molecule has 0 saturated carbocycles. The molecule has 3 aromatic heterocycles. The van der Waals surface area contributed by atoms with Gasteiger partial charge in [-0.1, -0.05) is 24.3 Å². The van der Waals surface area contributed by atoms with Gasteiger partial charge in [0, 0.05) is 30.1 Å². The molecule has 1 aliphatic heterocycles. The third kappa shape index (κ3) is 3.66. The van der Waals surface area contributed by atoms with E-state index in [0.29, 0.717) is 36.5 Å². The molecule has 1 aliphatic rings. The van der Waals surface area contributed by atoms with Gasteiger partial charge in [-0.2, -0.15) is 5.10 Å². The number of hydrogen-bond donors (Lipinski definition) is 3. The van der Waals surface area contributed by atoms with Crippen LogP contribution < -0.4 is 10.6 Å². The zero-order valence-electron chi connectivity index (χ0n) is 17.6. The van der Waals surface area contributed by atoms with Gasteiger partial charge in [0.05, 0.1) is 29.2 Å². The summed E-state index contributed by atoms with van der Waals surface area (Å²) in [6, 6.07) is 14.9. The number of rotatable bonds is 5. The normalized spacial score (nSPS) is 12.0. The van der Waals surface area contributed by atoms with Gasteiger partial charge >= 0.3 is 0 Å². The first-order valence-corrected chi connectivity index (χ1v) is 10.4. The van der Waals surface area contributed by atoms with Gasteiger partial charge in [0.25, 0.3) is 11.8 Å². The van der Waals surface area contributed by atoms with Crippen LogP contribution in [0.25, 0.3) is 11.4 Å². The second-order valence-electron chi connectivity index (χ2n) is 7.76. The van der Waals surface area contributed by atoms with E-state index in [4.69, 9.17) is 0 Å². The topological polar surface area (TPSA) is 105 Å². The molecule has 4 heterocycles. The molecule has 0 fully saturated rings. The first-order chi connectivity index (χ1) is 15.6. The third-order valence-corrected chi connectivity index (χ3v) is 5.66. The van der Waals surface area contributed by atoms with Crippen molar-refractivity contribution in [1.29, 1.82) is 0 Å². The molecule has 0 bridgehead atoms. The molecule has 0 atom stereocenters. The standard InChI is InChI=1S/C24H22N6O2/c1-15-6-2-3-8-18(15)24(32)27-22-19-9-11-30-14-16(12-20(30)21(19)28-29-22)23(31)26-13-17-7-4-5-10-25-17/h2-8,10,12,14H,9,11,13H2,1H3,(H,26,31)(H2,27,28,29,32). The molecule has 0 aliphatic carbocycles. The maximum Gasteiger partial charge on any atom is 0.257 e. The minimum absolute atomic E-state index is 0.160. The average Bonchev–Trinajstić information content (AvgIpc) is 3.42. The van der Waals surface area contributed by atoms with Crippen molar-refractivity contribution in [3.8, 4) is 11.4 Å². The lowest BCUT2D eigenvalue weighted by molar-refractivity contribution is 0.0949. The Balaban J connectivity index is 1.34. The van der Waals surface area contributed by atoms with Gasteiger partial charge in [-0.25, -0.2) is 0 Å². The number of nitrogens with zero attached hydrogens (tertiary/aromatic N) is 3. The summed E-state index contributed by atoms with van der Waals surface area (Å²) in [6.07, 6.45) is 4.25. The Morgan fingerprint density at radius 1 is 1.12 bits per heavy atom. The van der Waals surface area contributed by atoms with Crippen molar-refractivity contribution < 1.29 is 9.59 Å². The minimum atomic E-state index is -0.187. The number of aromatic nitrogens is 4. The van der Waals surface area contributed by atoms with Crippen molar-refractivity contribution >= 4 is 17.6 Å². The van der Waals surface area contributed by atoms with Crippen LogP contribution in [0.5, 0.6) is 0 Å². The summed E-state index contributed by atoms with van der Waals surface area (Å²) in [5.41, 5.74) is 5.54. The first kappa shape index (κ1) is 19.7. The molecule has 0 spiro atoms. The fourth-order valence-electron chi connectivity index (χ4n) is 3.96. The van der Waals surface area contributed by atoms with Gasteiger partial charge in [-0.3, -0.25) is 19.7 Å². The highest BCUT2D eigenvalue weighted by Crippen LogP contribution is 2.33. The van der Waals surface area contributed by atoms with Crippen LogP contribution in [0.1, 0.15) is 37.5 Å². The number of amides is 2. The molecule has 2 amide bonds. The lowest BCUT2D eigenvalue weighted by Gasteiger charge is -2.16. The van der Waals surface area contributed by atoms with Crippen LogP contribution in [-0.2, 0) is 19.5 Å². The van der Waals surface area contributed by atoms with E-state index in [1.54, 1.807) is 12.3 Å². The maximum absolute atomic E-state index is 12.7. The summed E-state index contributed by atoms with van der Waals surface area (Å²) < 4.78 is 2.03. The number of pyridine rings is 1. The van der Waals surface area contributed by atoms with Gasteiger partial charge in [0.15, 0.2) is 5.82 Å². The van der Waals surface area contributed by atoms with Crippen LogP contribution in [-0.4, -0.2) is 31.6 Å². The summed E-state index contributed by atoms with van der Waals surface area (Å²) in [5, 5.41) is 13.2. The van der Waals surface area contributed by atoms with Crippen molar-refractivity contribution in [1.82, 2.24) is 25.1 Å². The van der Waals surface area contributed by atoms with E-state index in [9.17, 15) is 9.59 Å². The van der Waals surface area contributed by atoms with Crippen LogP contribution in [0.2, 0.25) is 0 Å². The number of nitrogens with one attached hydrogen (secondary N) is 3. The quantitative estimate of drug-likeness (QED) is 0.455. The number of benzene rings is 1. The highest BCUT2D eigenvalue weighted by atomic mass is 16.2. The molecular formula is C24H22N6O2. The number of carbonyl (C=O) groups is 2. The number of carbonyl (C=O) groups excluding carboxylic acids is 2. The van der Waals surface area contributed by atoms with Crippen LogP contribution in [0, 0.1) is 6.92 Å². The van der Waals surface area contributed by atoms with Gasteiger partial charge in [0.2, 0.25) is 0 Å². The Morgan fingerprint density at radius 3 is 2.78 bits per heavy atom. The second-order valence-corrected chi connectivity index (χ2v) is 7.76. The fraction of sp³-hybridized carbons (Fsp3) is 0.167. The monoisotopic (exact) mass is 426 g/mol. The summed E-state index contributed by atoms with van der Waals surface area (Å²) in [6.45, 7) is 2.97. The van der Waals surface area contributed by atoms with Gasteiger partial charge in [0.1, 0.15) is 0 Å². The van der Waals surface area contributed by atoms with Crippen molar-refractivity contribution in [2.24, 2.45) is 0 Å². The van der Waals surface area contributed by atoms with E-state index >= 15 is 0 Å². The number of anilines is 1. The highest BCUT2D eigenvalue weighted by Gasteiger charge is 2.25. The Bertz CT molecular complexity index is 1310. The number of aromatic amines is 1. The number of aryl methyl sites for hydroxylation is 2. The van der Waals surface area contributed by atoms with Gasteiger partial charge in [-0.15, -0.1) is 0 Å². The van der Waals surface area contributed by atoms with Crippen molar-refractivity contribution in [3.63, 3.8) is 0 Å². The molecular weight excluding hydrogens is 404 g/mol. The Kier molecular flexibility index (Phi) is 5.03. The fourth-order valence-corrected chi connectivity index (χ4v) is 3.96. The molecule has 0 unspecified atom stereocenters. The SMILES string of the molecule is Cc1ccccc1C(=O)Nc1n[nH]c2c1CCn1cc(C(=O)NCc3ccccn3)cc1-2. The van der Waals surface area contributed by atoms with Gasteiger partial charge in [-0.05, 0) is 43.2 Å². The summed E-state index contributed by atoms with van der Waals surface area (Å²) in [4.78, 5) is 29.6. The Morgan fingerprint density at radius 2 is 1.97 bits per heavy atom. The van der Waals surface area contributed by atoms with Crippen LogP contribution in [0.3, 0.4) is 0 Å². The van der Waals surface area contributed by atoms with Crippen molar-refractivity contribution in [3.05, 3.63) is 88.9 Å². The van der Waals surface area contributed by atoms with Crippen LogP contribution in [0.4, 0.5) is 5.82 Å². The molecule has 3 N–H and O–H groups in total. The lowest BCUT2D eigenvalue weighted by Crippen LogP contribution is -2.22. The first-order valence-electron chi connectivity index (χ1n) is 10.4. The van der Waals surface area contributed by atoms with E-state index in [1.807, 2.05) is 60.2 Å². The molecule has 8 heteroatoms. The molecule has 0 saturated heterocycles. The van der Waals surface area contributed by atoms with E-state index in [2.05, 4.69) is 25.8 Å². The Labute approximate surface area is 184 Å². The number of fused-ring (bicyclic) bond motifs is 3. The zero-order valence-corrected chi connectivity index (χ0v) is 17.6. The number of H-pyrrole nitrogens is 1.